The maximum Gasteiger partial charge on any atom is 0.247 e. The first-order valence-electron chi connectivity index (χ1n) is 23.0. The van der Waals surface area contributed by atoms with Crippen molar-refractivity contribution in [3.8, 4) is 11.1 Å². The highest BCUT2D eigenvalue weighted by Crippen LogP contribution is 2.54. The number of benzene rings is 6. The minimum Gasteiger partial charge on any atom is -0.311 e. The van der Waals surface area contributed by atoms with Crippen LogP contribution in [0.4, 0.5) is 17.1 Å². The van der Waals surface area contributed by atoms with E-state index in [2.05, 4.69) is 218 Å². The van der Waals surface area contributed by atoms with Crippen molar-refractivity contribution >= 4 is 40.2 Å². The Morgan fingerprint density at radius 2 is 1.16 bits per heavy atom. The van der Waals surface area contributed by atoms with E-state index < -0.39 is 0 Å². The zero-order valence-corrected chi connectivity index (χ0v) is 39.9. The van der Waals surface area contributed by atoms with Gasteiger partial charge in [0.15, 0.2) is 0 Å². The third kappa shape index (κ3) is 6.74. The van der Waals surface area contributed by atoms with E-state index in [-0.39, 0.29) is 39.7 Å². The van der Waals surface area contributed by atoms with Crippen molar-refractivity contribution < 1.29 is 0 Å². The fraction of sp³-hybridized carbons (Fsp3) is 0.390. The number of fused-ring (bicyclic) bond motifs is 4. The van der Waals surface area contributed by atoms with E-state index in [1.54, 1.807) is 0 Å². The lowest BCUT2D eigenvalue weighted by molar-refractivity contribution is 0.403. The first kappa shape index (κ1) is 41.5. The van der Waals surface area contributed by atoms with Crippen LogP contribution in [0.1, 0.15) is 157 Å². The average molecular weight is 802 g/mol. The van der Waals surface area contributed by atoms with Gasteiger partial charge in [-0.05, 0) is 152 Å². The van der Waals surface area contributed by atoms with Gasteiger partial charge in [0.1, 0.15) is 0 Å². The molecule has 1 unspecified atom stereocenters. The molecule has 0 fully saturated rings. The van der Waals surface area contributed by atoms with Gasteiger partial charge in [-0.1, -0.05) is 185 Å². The first-order valence-corrected chi connectivity index (χ1v) is 23.0. The lowest BCUT2D eigenvalue weighted by Gasteiger charge is -2.40. The van der Waals surface area contributed by atoms with E-state index >= 15 is 0 Å². The Hall–Kier alpha value is -4.82. The van der Waals surface area contributed by atoms with Crippen LogP contribution in [0.2, 0.25) is 0 Å². The summed E-state index contributed by atoms with van der Waals surface area (Å²) in [5.41, 5.74) is 25.4. The molecule has 61 heavy (non-hydrogen) atoms. The highest BCUT2D eigenvalue weighted by atomic mass is 15.2. The standard InChI is InChI=1S/C59H68BN/c1-36-21-26-50(44(28-36)39(4)43-24-22-41(55(5,6)7)30-45(43)40-19-17-16-18-20-40)60-51-32-48-49(59(14,15)35-58(48,12)13)33-52(51)61(53-29-37(2)27-38(3)54(53)60)42-23-25-46-47(31-42)57(10,11)34-56(46,8)9/h16-33,39H,34-35H2,1-15H3. The van der Waals surface area contributed by atoms with Crippen LogP contribution in [0.5, 0.6) is 0 Å². The van der Waals surface area contributed by atoms with Crippen LogP contribution in [0.3, 0.4) is 0 Å². The fourth-order valence-corrected chi connectivity index (χ4v) is 12.7. The molecule has 0 radical (unpaired) electrons. The molecule has 2 aliphatic carbocycles. The number of rotatable bonds is 5. The number of nitrogens with zero attached hydrogens (tertiary/aromatic N) is 1. The van der Waals surface area contributed by atoms with Crippen molar-refractivity contribution in [2.45, 2.75) is 150 Å². The first-order chi connectivity index (χ1) is 28.5. The summed E-state index contributed by atoms with van der Waals surface area (Å²) in [6.07, 6.45) is 2.29. The van der Waals surface area contributed by atoms with Crippen molar-refractivity contribution in [3.63, 3.8) is 0 Å². The summed E-state index contributed by atoms with van der Waals surface area (Å²) in [7, 11) is 0. The fourth-order valence-electron chi connectivity index (χ4n) is 12.7. The van der Waals surface area contributed by atoms with Crippen LogP contribution >= 0.6 is 0 Å². The maximum atomic E-state index is 2.67. The average Bonchev–Trinajstić information content (AvgIpc) is 3.49. The van der Waals surface area contributed by atoms with Crippen LogP contribution in [-0.4, -0.2) is 6.71 Å². The molecule has 312 valence electrons. The molecule has 6 aromatic carbocycles. The second-order valence-corrected chi connectivity index (χ2v) is 23.1. The number of hydrogen-bond acceptors (Lipinski definition) is 1. The van der Waals surface area contributed by atoms with Gasteiger partial charge in [-0.15, -0.1) is 0 Å². The van der Waals surface area contributed by atoms with Crippen molar-refractivity contribution in [1.82, 2.24) is 0 Å². The van der Waals surface area contributed by atoms with Crippen molar-refractivity contribution in [1.29, 1.82) is 0 Å². The minimum absolute atomic E-state index is 0.0459. The van der Waals surface area contributed by atoms with E-state index in [0.717, 1.165) is 12.8 Å². The summed E-state index contributed by atoms with van der Waals surface area (Å²) in [5, 5.41) is 0. The zero-order chi connectivity index (χ0) is 43.8. The van der Waals surface area contributed by atoms with Gasteiger partial charge >= 0.3 is 0 Å². The quantitative estimate of drug-likeness (QED) is 0.157. The van der Waals surface area contributed by atoms with Crippen LogP contribution < -0.4 is 21.3 Å². The van der Waals surface area contributed by atoms with E-state index in [4.69, 9.17) is 0 Å². The predicted molar refractivity (Wildman–Crippen MR) is 266 cm³/mol. The second-order valence-electron chi connectivity index (χ2n) is 23.1. The van der Waals surface area contributed by atoms with Gasteiger partial charge in [-0.3, -0.25) is 0 Å². The summed E-state index contributed by atoms with van der Waals surface area (Å²) in [6, 6.07) is 43.4. The molecule has 2 heteroatoms. The summed E-state index contributed by atoms with van der Waals surface area (Å²) in [4.78, 5) is 2.67. The monoisotopic (exact) mass is 802 g/mol. The van der Waals surface area contributed by atoms with Gasteiger partial charge in [0.2, 0.25) is 6.71 Å². The lowest BCUT2D eigenvalue weighted by atomic mass is 9.33. The van der Waals surface area contributed by atoms with Gasteiger partial charge in [0.25, 0.3) is 0 Å². The van der Waals surface area contributed by atoms with Gasteiger partial charge in [0, 0.05) is 23.0 Å². The Morgan fingerprint density at radius 3 is 1.82 bits per heavy atom. The van der Waals surface area contributed by atoms with Gasteiger partial charge < -0.3 is 4.90 Å². The molecular formula is C59H68BN. The molecule has 1 nitrogen and oxygen atoms in total. The van der Waals surface area contributed by atoms with Crippen LogP contribution in [0.25, 0.3) is 11.1 Å². The Balaban J connectivity index is 1.33. The van der Waals surface area contributed by atoms with Crippen LogP contribution in [0, 0.1) is 20.8 Å². The molecule has 9 rings (SSSR count). The van der Waals surface area contributed by atoms with E-state index in [9.17, 15) is 0 Å². The van der Waals surface area contributed by atoms with Gasteiger partial charge in [0.05, 0.1) is 0 Å². The predicted octanol–water partition coefficient (Wildman–Crippen LogP) is 13.9. The molecule has 1 heterocycles. The topological polar surface area (TPSA) is 3.24 Å². The smallest absolute Gasteiger partial charge is 0.247 e. The summed E-state index contributed by atoms with van der Waals surface area (Å²) in [6.45, 7) is 36.1. The zero-order valence-electron chi connectivity index (χ0n) is 39.9. The largest absolute Gasteiger partial charge is 0.311 e. The summed E-state index contributed by atoms with van der Waals surface area (Å²) >= 11 is 0. The highest BCUT2D eigenvalue weighted by Gasteiger charge is 2.47. The molecule has 3 aliphatic rings. The Kier molecular flexibility index (Phi) is 9.43. The molecular weight excluding hydrogens is 733 g/mol. The van der Waals surface area contributed by atoms with Crippen molar-refractivity contribution in [2.24, 2.45) is 0 Å². The van der Waals surface area contributed by atoms with Crippen LogP contribution in [0.15, 0.2) is 109 Å². The Morgan fingerprint density at radius 1 is 0.541 bits per heavy atom. The Bertz CT molecular complexity index is 2740. The molecule has 1 aliphatic heterocycles. The number of hydrogen-bond donors (Lipinski definition) is 0. The molecule has 0 saturated carbocycles. The van der Waals surface area contributed by atoms with Gasteiger partial charge in [-0.2, -0.15) is 0 Å². The summed E-state index contributed by atoms with van der Waals surface area (Å²) < 4.78 is 0. The lowest BCUT2D eigenvalue weighted by Crippen LogP contribution is -2.59. The second kappa shape index (κ2) is 13.8. The molecule has 0 saturated heterocycles. The maximum absolute atomic E-state index is 2.67. The Labute approximate surface area is 369 Å². The molecule has 0 amide bonds. The number of anilines is 3. The molecule has 1 atom stereocenters. The van der Waals surface area contributed by atoms with Crippen molar-refractivity contribution in [3.05, 3.63) is 165 Å². The summed E-state index contributed by atoms with van der Waals surface area (Å²) in [5.74, 6) is 0.155. The third-order valence-electron chi connectivity index (χ3n) is 15.2. The van der Waals surface area contributed by atoms with E-state index in [0.29, 0.717) is 0 Å². The minimum atomic E-state index is 0.0459. The third-order valence-corrected chi connectivity index (χ3v) is 15.2. The van der Waals surface area contributed by atoms with Crippen molar-refractivity contribution in [2.75, 3.05) is 4.90 Å². The van der Waals surface area contributed by atoms with E-state index in [1.165, 1.54) is 100 Å². The molecule has 0 spiro atoms. The van der Waals surface area contributed by atoms with Crippen LogP contribution in [-0.2, 0) is 27.1 Å². The SMILES string of the molecule is Cc1ccc(B2c3cc4c(cc3N(c3ccc5c(c3)C(C)(C)CC5(C)C)c3cc(C)cc(C)c32)C(C)(C)CC4(C)C)c(C(C)c2ccc(C(C)(C)C)cc2-c2ccccc2)c1. The molecule has 6 aromatic rings. The molecule has 0 aromatic heterocycles. The normalized spacial score (nSPS) is 18.3. The van der Waals surface area contributed by atoms with E-state index in [1.807, 2.05) is 0 Å². The number of aryl methyl sites for hydroxylation is 3. The molecule has 0 bridgehead atoms. The highest BCUT2D eigenvalue weighted by molar-refractivity contribution is 6.98. The van der Waals surface area contributed by atoms with Gasteiger partial charge in [-0.25, -0.2) is 0 Å². The molecule has 0 N–H and O–H groups in total.